The van der Waals surface area contributed by atoms with E-state index in [0.717, 1.165) is 5.56 Å². The summed E-state index contributed by atoms with van der Waals surface area (Å²) < 4.78 is 23.0. The largest absolute Gasteiger partial charge is 0.492 e. The quantitative estimate of drug-likeness (QED) is 0.302. The topological polar surface area (TPSA) is 164 Å². The average Bonchev–Trinajstić information content (AvgIpc) is 3.16. The van der Waals surface area contributed by atoms with Gasteiger partial charge in [0.2, 0.25) is 17.9 Å². The molecule has 212 valence electrons. The summed E-state index contributed by atoms with van der Waals surface area (Å²) in [6.45, 7) is 0.815. The molecule has 39 heavy (non-hydrogen) atoms. The van der Waals surface area contributed by atoms with Crippen LogP contribution in [0.5, 0.6) is 17.2 Å². The van der Waals surface area contributed by atoms with E-state index in [0.29, 0.717) is 40.2 Å². The van der Waals surface area contributed by atoms with Crippen LogP contribution in [0.2, 0.25) is 0 Å². The molecule has 4 rings (SSSR count). The molecular formula is C27H33NO10S. The van der Waals surface area contributed by atoms with Gasteiger partial charge in [0.05, 0.1) is 31.8 Å². The lowest BCUT2D eigenvalue weighted by Gasteiger charge is -2.39. The molecule has 6 atom stereocenters. The molecule has 2 aromatic carbocycles. The normalized spacial score (nSPS) is 26.1. The average molecular weight is 564 g/mol. The maximum atomic E-state index is 13.0. The van der Waals surface area contributed by atoms with Gasteiger partial charge < -0.3 is 44.7 Å². The van der Waals surface area contributed by atoms with Crippen molar-refractivity contribution in [2.24, 2.45) is 0 Å². The zero-order valence-corrected chi connectivity index (χ0v) is 22.9. The first-order valence-electron chi connectivity index (χ1n) is 12.4. The van der Waals surface area contributed by atoms with Gasteiger partial charge in [-0.05, 0) is 54.0 Å². The Labute approximate surface area is 229 Å². The number of ether oxygens (including phenoxy) is 4. The molecule has 2 aliphatic rings. The SMILES string of the molecule is COc1c(O[C@@H]2O[C@H](CO)[C@@H](O)[C@@H](O)[C@@H]2O)cc2c(c1OC)-c1ccc(SC)c(=O)cc1C(NC(C)=O)CC2. The van der Waals surface area contributed by atoms with Gasteiger partial charge in [-0.1, -0.05) is 6.07 Å². The molecular weight excluding hydrogens is 530 g/mol. The zero-order chi connectivity index (χ0) is 28.4. The number of carbonyl (C=O) groups is 1. The fourth-order valence-corrected chi connectivity index (χ4v) is 5.55. The highest BCUT2D eigenvalue weighted by atomic mass is 32.2. The molecule has 0 radical (unpaired) electrons. The molecule has 1 fully saturated rings. The number of hydrogen-bond acceptors (Lipinski definition) is 11. The number of aliphatic hydroxyl groups is 4. The Bertz CT molecular complexity index is 1290. The number of carbonyl (C=O) groups excluding carboxylic acids is 1. The minimum Gasteiger partial charge on any atom is -0.492 e. The van der Waals surface area contributed by atoms with Crippen LogP contribution in [0.1, 0.15) is 30.5 Å². The number of rotatable bonds is 7. The van der Waals surface area contributed by atoms with Gasteiger partial charge in [-0.15, -0.1) is 11.8 Å². The monoisotopic (exact) mass is 563 g/mol. The number of aryl methyl sites for hydroxylation is 1. The molecule has 1 heterocycles. The summed E-state index contributed by atoms with van der Waals surface area (Å²) in [7, 11) is 2.87. The third-order valence-electron chi connectivity index (χ3n) is 6.97. The van der Waals surface area contributed by atoms with Crippen LogP contribution in [0, 0.1) is 0 Å². The minimum atomic E-state index is -1.62. The second-order valence-electron chi connectivity index (χ2n) is 9.36. The van der Waals surface area contributed by atoms with Gasteiger partial charge in [-0.2, -0.15) is 0 Å². The van der Waals surface area contributed by atoms with Crippen LogP contribution in [0.4, 0.5) is 0 Å². The van der Waals surface area contributed by atoms with E-state index < -0.39 is 43.4 Å². The van der Waals surface area contributed by atoms with Crippen molar-refractivity contribution in [1.82, 2.24) is 5.32 Å². The van der Waals surface area contributed by atoms with E-state index in [1.165, 1.54) is 32.9 Å². The molecule has 0 bridgehead atoms. The van der Waals surface area contributed by atoms with Gasteiger partial charge in [0.1, 0.15) is 24.4 Å². The molecule has 1 amide bonds. The highest BCUT2D eigenvalue weighted by Gasteiger charge is 2.45. The number of benzene rings is 1. The van der Waals surface area contributed by atoms with Gasteiger partial charge >= 0.3 is 0 Å². The fraction of sp³-hybridized carbons (Fsp3) is 0.481. The first kappa shape index (κ1) is 29.1. The number of amides is 1. The summed E-state index contributed by atoms with van der Waals surface area (Å²) in [6, 6.07) is 6.34. The molecule has 11 nitrogen and oxygen atoms in total. The van der Waals surface area contributed by atoms with Gasteiger partial charge in [0.15, 0.2) is 16.9 Å². The van der Waals surface area contributed by atoms with E-state index in [2.05, 4.69) is 5.32 Å². The first-order valence-corrected chi connectivity index (χ1v) is 13.6. The number of hydrogen-bond donors (Lipinski definition) is 5. The summed E-state index contributed by atoms with van der Waals surface area (Å²) in [5, 5.41) is 43.4. The predicted octanol–water partition coefficient (Wildman–Crippen LogP) is 0.755. The smallest absolute Gasteiger partial charge is 0.229 e. The number of methoxy groups -OCH3 is 2. The van der Waals surface area contributed by atoms with Crippen LogP contribution >= 0.6 is 11.8 Å². The minimum absolute atomic E-state index is 0.131. The number of thioether (sulfide) groups is 1. The summed E-state index contributed by atoms with van der Waals surface area (Å²) in [5.74, 6) is 0.350. The Morgan fingerprint density at radius 2 is 1.82 bits per heavy atom. The molecule has 5 N–H and O–H groups in total. The van der Waals surface area contributed by atoms with E-state index in [9.17, 15) is 30.0 Å². The Balaban J connectivity index is 1.89. The molecule has 0 saturated carbocycles. The summed E-state index contributed by atoms with van der Waals surface area (Å²) in [6.07, 6.45) is -4.64. The summed E-state index contributed by atoms with van der Waals surface area (Å²) in [5.41, 5.74) is 2.55. The molecule has 1 saturated heterocycles. The van der Waals surface area contributed by atoms with Crippen molar-refractivity contribution in [3.05, 3.63) is 45.6 Å². The van der Waals surface area contributed by atoms with Crippen molar-refractivity contribution in [3.63, 3.8) is 0 Å². The Morgan fingerprint density at radius 1 is 1.10 bits per heavy atom. The maximum Gasteiger partial charge on any atom is 0.229 e. The summed E-state index contributed by atoms with van der Waals surface area (Å²) in [4.78, 5) is 25.6. The molecule has 2 aromatic rings. The molecule has 0 spiro atoms. The molecule has 1 unspecified atom stereocenters. The van der Waals surface area contributed by atoms with Gasteiger partial charge in [-0.3, -0.25) is 9.59 Å². The van der Waals surface area contributed by atoms with Crippen molar-refractivity contribution in [1.29, 1.82) is 0 Å². The Kier molecular flexibility index (Phi) is 9.04. The number of fused-ring (bicyclic) bond motifs is 3. The second-order valence-corrected chi connectivity index (χ2v) is 10.2. The molecule has 1 aliphatic heterocycles. The van der Waals surface area contributed by atoms with Crippen LogP contribution in [-0.2, 0) is 16.0 Å². The Hall–Kier alpha value is -2.87. The number of aliphatic hydroxyl groups excluding tert-OH is 4. The Morgan fingerprint density at radius 3 is 2.44 bits per heavy atom. The van der Waals surface area contributed by atoms with E-state index >= 15 is 0 Å². The lowest BCUT2D eigenvalue weighted by Crippen LogP contribution is -2.60. The third kappa shape index (κ3) is 5.58. The second kappa shape index (κ2) is 12.1. The lowest BCUT2D eigenvalue weighted by molar-refractivity contribution is -0.277. The molecule has 0 aromatic heterocycles. The van der Waals surface area contributed by atoms with E-state index in [-0.39, 0.29) is 22.8 Å². The fourth-order valence-electron chi connectivity index (χ4n) is 5.09. The van der Waals surface area contributed by atoms with Crippen molar-refractivity contribution in [2.75, 3.05) is 27.1 Å². The van der Waals surface area contributed by atoms with Gasteiger partial charge in [0.25, 0.3) is 0 Å². The summed E-state index contributed by atoms with van der Waals surface area (Å²) >= 11 is 1.32. The van der Waals surface area contributed by atoms with Gasteiger partial charge in [0, 0.05) is 12.5 Å². The van der Waals surface area contributed by atoms with Crippen LogP contribution in [0.15, 0.2) is 34.0 Å². The van der Waals surface area contributed by atoms with Crippen LogP contribution in [0.3, 0.4) is 0 Å². The van der Waals surface area contributed by atoms with Crippen molar-refractivity contribution in [3.8, 4) is 28.4 Å². The third-order valence-corrected chi connectivity index (χ3v) is 7.75. The molecule has 1 aliphatic carbocycles. The highest BCUT2D eigenvalue weighted by Crippen LogP contribution is 2.50. The van der Waals surface area contributed by atoms with Crippen molar-refractivity contribution < 1.29 is 44.2 Å². The highest BCUT2D eigenvalue weighted by molar-refractivity contribution is 7.98. The van der Waals surface area contributed by atoms with Crippen LogP contribution in [-0.4, -0.2) is 84.1 Å². The van der Waals surface area contributed by atoms with Crippen molar-refractivity contribution in [2.45, 2.75) is 61.4 Å². The van der Waals surface area contributed by atoms with Crippen LogP contribution in [0.25, 0.3) is 11.1 Å². The maximum absolute atomic E-state index is 13.0. The van der Waals surface area contributed by atoms with E-state index in [4.69, 9.17) is 18.9 Å². The van der Waals surface area contributed by atoms with Crippen molar-refractivity contribution >= 4 is 17.7 Å². The zero-order valence-electron chi connectivity index (χ0n) is 22.0. The lowest BCUT2D eigenvalue weighted by atomic mass is 9.95. The first-order chi connectivity index (χ1) is 18.6. The predicted molar refractivity (Wildman–Crippen MR) is 142 cm³/mol. The van der Waals surface area contributed by atoms with E-state index in [1.54, 1.807) is 18.2 Å². The van der Waals surface area contributed by atoms with E-state index in [1.807, 2.05) is 12.3 Å². The number of nitrogens with one attached hydrogen (secondary N) is 1. The van der Waals surface area contributed by atoms with Crippen LogP contribution < -0.4 is 25.0 Å². The standard InChI is InChI=1S/C27H33NO10S/c1-12(30)28-16-7-5-13-9-18(37-27-24(34)23(33)22(32)19(11-29)38-27)25(35-2)26(36-3)21(13)14-6-8-20(39-4)17(31)10-15(14)16/h6,8-10,16,19,22-24,27,29,32-34H,5,7,11H2,1-4H3,(H,28,30)/t16?,19-,22-,23-,24+,27-/m1/s1. The molecule has 12 heteroatoms. The van der Waals surface area contributed by atoms with Gasteiger partial charge in [-0.25, -0.2) is 0 Å².